The maximum atomic E-state index is 11.7. The van der Waals surface area contributed by atoms with Crippen LogP contribution in [0.5, 0.6) is 0 Å². The first kappa shape index (κ1) is 15.9. The van der Waals surface area contributed by atoms with Crippen LogP contribution in [0.3, 0.4) is 0 Å². The molecule has 0 bridgehead atoms. The largest absolute Gasteiger partial charge is 0.460 e. The third-order valence-corrected chi connectivity index (χ3v) is 2.81. The van der Waals surface area contributed by atoms with Crippen LogP contribution in [-0.4, -0.2) is 61.8 Å². The van der Waals surface area contributed by atoms with E-state index in [4.69, 9.17) is 9.47 Å². The van der Waals surface area contributed by atoms with Gasteiger partial charge < -0.3 is 14.8 Å². The lowest BCUT2D eigenvalue weighted by molar-refractivity contribution is -0.156. The van der Waals surface area contributed by atoms with Crippen LogP contribution in [0.25, 0.3) is 0 Å². The molecule has 0 aromatic heterocycles. The smallest absolute Gasteiger partial charge is 0.307 e. The molecule has 6 nitrogen and oxygen atoms in total. The zero-order valence-electron chi connectivity index (χ0n) is 12.2. The van der Waals surface area contributed by atoms with Crippen molar-refractivity contribution in [1.29, 1.82) is 0 Å². The minimum Gasteiger partial charge on any atom is -0.460 e. The molecule has 1 N–H and O–H groups in total. The lowest BCUT2D eigenvalue weighted by Gasteiger charge is -2.34. The topological polar surface area (TPSA) is 67.9 Å². The van der Waals surface area contributed by atoms with Crippen molar-refractivity contribution in [2.75, 3.05) is 33.4 Å². The molecule has 0 aliphatic carbocycles. The molecule has 1 aliphatic heterocycles. The number of nitrogens with zero attached hydrogens (tertiary/aromatic N) is 1. The molecule has 1 fully saturated rings. The molecule has 1 aliphatic rings. The summed E-state index contributed by atoms with van der Waals surface area (Å²) in [4.78, 5) is 25.3. The molecule has 6 heteroatoms. The maximum absolute atomic E-state index is 11.7. The molecule has 1 heterocycles. The third-order valence-electron chi connectivity index (χ3n) is 2.81. The summed E-state index contributed by atoms with van der Waals surface area (Å²) in [6.07, 6.45) is 0.283. The number of esters is 1. The van der Waals surface area contributed by atoms with Crippen molar-refractivity contribution in [3.05, 3.63) is 0 Å². The summed E-state index contributed by atoms with van der Waals surface area (Å²) in [5, 5.41) is 2.61. The van der Waals surface area contributed by atoms with Gasteiger partial charge in [0.2, 0.25) is 5.91 Å². The Morgan fingerprint density at radius 3 is 2.68 bits per heavy atom. The highest BCUT2D eigenvalue weighted by Crippen LogP contribution is 2.11. The average Bonchev–Trinajstić information content (AvgIpc) is 2.33. The molecular weight excluding hydrogens is 248 g/mol. The first-order valence-corrected chi connectivity index (χ1v) is 6.58. The highest BCUT2D eigenvalue weighted by molar-refractivity contribution is 5.81. The normalized spacial score (nSPS) is 20.9. The third kappa shape index (κ3) is 5.57. The van der Waals surface area contributed by atoms with E-state index in [2.05, 4.69) is 5.32 Å². The van der Waals surface area contributed by atoms with E-state index >= 15 is 0 Å². The quantitative estimate of drug-likeness (QED) is 0.739. The number of amides is 1. The van der Waals surface area contributed by atoms with Crippen LogP contribution in [-0.2, 0) is 19.1 Å². The summed E-state index contributed by atoms with van der Waals surface area (Å²) in [6, 6.07) is -0.318. The van der Waals surface area contributed by atoms with Crippen LogP contribution in [0.2, 0.25) is 0 Å². The summed E-state index contributed by atoms with van der Waals surface area (Å²) in [5.41, 5.74) is -0.470. The number of rotatable bonds is 4. The van der Waals surface area contributed by atoms with Crippen LogP contribution in [0.15, 0.2) is 0 Å². The fourth-order valence-corrected chi connectivity index (χ4v) is 1.94. The highest BCUT2D eigenvalue weighted by Gasteiger charge is 2.29. The second-order valence-electron chi connectivity index (χ2n) is 5.58. The molecule has 0 aromatic carbocycles. The number of carbonyl (C=O) groups is 2. The van der Waals surface area contributed by atoms with Crippen molar-refractivity contribution in [1.82, 2.24) is 10.2 Å². The average molecular weight is 272 g/mol. The summed E-state index contributed by atoms with van der Waals surface area (Å²) < 4.78 is 10.6. The van der Waals surface area contributed by atoms with Gasteiger partial charge in [-0.05, 0) is 20.8 Å². The number of hydrogen-bond acceptors (Lipinski definition) is 5. The van der Waals surface area contributed by atoms with Crippen LogP contribution < -0.4 is 5.32 Å². The van der Waals surface area contributed by atoms with Gasteiger partial charge in [-0.25, -0.2) is 0 Å². The number of nitrogens with one attached hydrogen (secondary N) is 1. The van der Waals surface area contributed by atoms with Crippen LogP contribution in [0.4, 0.5) is 0 Å². The van der Waals surface area contributed by atoms with Gasteiger partial charge in [0.1, 0.15) is 11.6 Å². The minimum absolute atomic E-state index is 0.0797. The van der Waals surface area contributed by atoms with Crippen molar-refractivity contribution in [3.8, 4) is 0 Å². The van der Waals surface area contributed by atoms with E-state index in [0.29, 0.717) is 26.3 Å². The molecule has 19 heavy (non-hydrogen) atoms. The van der Waals surface area contributed by atoms with Gasteiger partial charge in [0.15, 0.2) is 0 Å². The second kappa shape index (κ2) is 6.86. The van der Waals surface area contributed by atoms with Gasteiger partial charge in [0.25, 0.3) is 0 Å². The van der Waals surface area contributed by atoms with E-state index < -0.39 is 5.60 Å². The van der Waals surface area contributed by atoms with E-state index in [0.717, 1.165) is 0 Å². The van der Waals surface area contributed by atoms with Gasteiger partial charge in [0.05, 0.1) is 19.6 Å². The molecule has 0 saturated carbocycles. The van der Waals surface area contributed by atoms with Crippen molar-refractivity contribution in [2.24, 2.45) is 0 Å². The van der Waals surface area contributed by atoms with Gasteiger partial charge in [-0.15, -0.1) is 0 Å². The standard InChI is InChI=1S/C13H24N2O4/c1-13(2,3)19-11(16)5-6-15-7-8-18-9-10(15)12(17)14-4/h10H,5-9H2,1-4H3,(H,14,17). The predicted molar refractivity (Wildman–Crippen MR) is 70.7 cm³/mol. The van der Waals surface area contributed by atoms with Gasteiger partial charge in [-0.1, -0.05) is 0 Å². The number of likely N-dealkylation sites (N-methyl/N-ethyl adjacent to an activating group) is 1. The Hall–Kier alpha value is -1.14. The zero-order chi connectivity index (χ0) is 14.5. The fourth-order valence-electron chi connectivity index (χ4n) is 1.94. The zero-order valence-corrected chi connectivity index (χ0v) is 12.2. The molecule has 0 spiro atoms. The van der Waals surface area contributed by atoms with E-state index in [-0.39, 0.29) is 24.3 Å². The van der Waals surface area contributed by atoms with Crippen LogP contribution in [0, 0.1) is 0 Å². The molecular formula is C13H24N2O4. The minimum atomic E-state index is -0.470. The van der Waals surface area contributed by atoms with E-state index in [9.17, 15) is 9.59 Å². The summed E-state index contributed by atoms with van der Waals surface area (Å²) in [6.45, 7) is 7.64. The Morgan fingerprint density at radius 1 is 1.42 bits per heavy atom. The Labute approximate surface area is 114 Å². The number of ether oxygens (including phenoxy) is 2. The van der Waals surface area contributed by atoms with Crippen molar-refractivity contribution >= 4 is 11.9 Å². The lowest BCUT2D eigenvalue weighted by atomic mass is 10.2. The van der Waals surface area contributed by atoms with Gasteiger partial charge in [-0.3, -0.25) is 14.5 Å². The molecule has 1 unspecified atom stereocenters. The lowest BCUT2D eigenvalue weighted by Crippen LogP contribution is -2.53. The fraction of sp³-hybridized carbons (Fsp3) is 0.846. The Balaban J connectivity index is 2.45. The first-order valence-electron chi connectivity index (χ1n) is 6.58. The van der Waals surface area contributed by atoms with Crippen LogP contribution in [0.1, 0.15) is 27.2 Å². The van der Waals surface area contributed by atoms with E-state index in [1.807, 2.05) is 25.7 Å². The molecule has 1 amide bonds. The Kier molecular flexibility index (Phi) is 5.75. The molecule has 1 saturated heterocycles. The molecule has 1 rings (SSSR count). The second-order valence-corrected chi connectivity index (χ2v) is 5.58. The molecule has 0 radical (unpaired) electrons. The molecule has 0 aromatic rings. The van der Waals surface area contributed by atoms with Gasteiger partial charge >= 0.3 is 5.97 Å². The molecule has 110 valence electrons. The van der Waals surface area contributed by atoms with Crippen molar-refractivity contribution in [3.63, 3.8) is 0 Å². The summed E-state index contributed by atoms with van der Waals surface area (Å²) >= 11 is 0. The van der Waals surface area contributed by atoms with Gasteiger partial charge in [0, 0.05) is 20.1 Å². The number of morpholine rings is 1. The Bertz CT molecular complexity index is 325. The SMILES string of the molecule is CNC(=O)C1COCCN1CCC(=O)OC(C)(C)C. The predicted octanol–water partition coefficient (Wildman–Crippen LogP) is 0.165. The van der Waals surface area contributed by atoms with Gasteiger partial charge in [-0.2, -0.15) is 0 Å². The van der Waals surface area contributed by atoms with Crippen molar-refractivity contribution < 1.29 is 19.1 Å². The Morgan fingerprint density at radius 2 is 2.11 bits per heavy atom. The summed E-state index contributed by atoms with van der Waals surface area (Å²) in [5.74, 6) is -0.321. The number of hydrogen-bond donors (Lipinski definition) is 1. The van der Waals surface area contributed by atoms with Crippen molar-refractivity contribution in [2.45, 2.75) is 38.8 Å². The van der Waals surface area contributed by atoms with E-state index in [1.165, 1.54) is 0 Å². The first-order chi connectivity index (χ1) is 8.83. The maximum Gasteiger partial charge on any atom is 0.307 e. The highest BCUT2D eigenvalue weighted by atomic mass is 16.6. The van der Waals surface area contributed by atoms with Crippen LogP contribution >= 0.6 is 0 Å². The monoisotopic (exact) mass is 272 g/mol. The van der Waals surface area contributed by atoms with E-state index in [1.54, 1.807) is 7.05 Å². The molecule has 1 atom stereocenters. The number of carbonyl (C=O) groups excluding carboxylic acids is 2. The summed E-state index contributed by atoms with van der Waals surface area (Å²) in [7, 11) is 1.60.